The van der Waals surface area contributed by atoms with Crippen molar-refractivity contribution in [1.82, 2.24) is 5.48 Å². The predicted octanol–water partition coefficient (Wildman–Crippen LogP) is 3.07. The van der Waals surface area contributed by atoms with Gasteiger partial charge in [-0.15, -0.1) is 0 Å². The molecular formula is C16H19NO. The number of hydroxylamine groups is 1. The van der Waals surface area contributed by atoms with Crippen LogP contribution in [-0.4, -0.2) is 11.8 Å². The molecule has 2 heteroatoms. The summed E-state index contributed by atoms with van der Waals surface area (Å²) in [6, 6.07) is 20.8. The molecule has 0 unspecified atom stereocenters. The van der Waals surface area contributed by atoms with Crippen molar-refractivity contribution >= 4 is 0 Å². The summed E-state index contributed by atoms with van der Waals surface area (Å²) in [6.45, 7) is 0.615. The Labute approximate surface area is 108 Å². The molecule has 0 heterocycles. The van der Waals surface area contributed by atoms with Crippen molar-refractivity contribution in [3.63, 3.8) is 0 Å². The van der Waals surface area contributed by atoms with Gasteiger partial charge in [0.15, 0.2) is 0 Å². The van der Waals surface area contributed by atoms with Crippen LogP contribution in [0.2, 0.25) is 0 Å². The molecule has 0 amide bonds. The Balaban J connectivity index is 2.00. The van der Waals surface area contributed by atoms with Crippen LogP contribution in [0.5, 0.6) is 0 Å². The number of benzene rings is 2. The van der Waals surface area contributed by atoms with Gasteiger partial charge >= 0.3 is 0 Å². The molecule has 18 heavy (non-hydrogen) atoms. The summed E-state index contributed by atoms with van der Waals surface area (Å²) in [4.78, 5) is 0. The maximum Gasteiger partial charge on any atom is 0.0242 e. The second kappa shape index (κ2) is 6.94. The molecule has 2 rings (SSSR count). The van der Waals surface area contributed by atoms with Crippen LogP contribution in [0.1, 0.15) is 11.1 Å². The fourth-order valence-corrected chi connectivity index (χ4v) is 2.24. The summed E-state index contributed by atoms with van der Waals surface area (Å²) in [5, 5.41) is 8.94. The highest BCUT2D eigenvalue weighted by Crippen LogP contribution is 2.14. The van der Waals surface area contributed by atoms with Crippen molar-refractivity contribution in [1.29, 1.82) is 0 Å². The second-order valence-corrected chi connectivity index (χ2v) is 4.61. The fourth-order valence-electron chi connectivity index (χ4n) is 2.24. The summed E-state index contributed by atoms with van der Waals surface area (Å²) in [7, 11) is 0. The predicted molar refractivity (Wildman–Crippen MR) is 73.6 cm³/mol. The third-order valence-electron chi connectivity index (χ3n) is 3.11. The van der Waals surface area contributed by atoms with Crippen molar-refractivity contribution in [3.8, 4) is 0 Å². The number of hydrogen-bond donors (Lipinski definition) is 2. The Bertz CT molecular complexity index is 400. The maximum atomic E-state index is 8.94. The van der Waals surface area contributed by atoms with E-state index in [2.05, 4.69) is 54.0 Å². The van der Waals surface area contributed by atoms with E-state index in [1.165, 1.54) is 11.1 Å². The van der Waals surface area contributed by atoms with Crippen LogP contribution in [0.4, 0.5) is 0 Å². The molecule has 0 spiro atoms. The summed E-state index contributed by atoms with van der Waals surface area (Å²) in [5.41, 5.74) is 4.94. The van der Waals surface area contributed by atoms with Crippen molar-refractivity contribution < 1.29 is 5.21 Å². The Morgan fingerprint density at radius 2 is 1.22 bits per heavy atom. The van der Waals surface area contributed by atoms with E-state index >= 15 is 0 Å². The van der Waals surface area contributed by atoms with E-state index in [0.717, 1.165) is 12.8 Å². The maximum absolute atomic E-state index is 8.94. The minimum absolute atomic E-state index is 0.403. The Kier molecular flexibility index (Phi) is 4.94. The zero-order valence-electron chi connectivity index (χ0n) is 10.4. The highest BCUT2D eigenvalue weighted by atomic mass is 16.5. The quantitative estimate of drug-likeness (QED) is 0.762. The molecule has 0 bridgehead atoms. The van der Waals surface area contributed by atoms with Gasteiger partial charge < -0.3 is 5.21 Å². The van der Waals surface area contributed by atoms with Crippen LogP contribution in [-0.2, 0) is 12.8 Å². The van der Waals surface area contributed by atoms with Gasteiger partial charge in [-0.3, -0.25) is 0 Å². The number of hydrogen-bond acceptors (Lipinski definition) is 2. The fraction of sp³-hybridized carbons (Fsp3) is 0.250. The standard InChI is InChI=1S/C16H19NO/c18-17-13-16(11-14-7-3-1-4-8-14)12-15-9-5-2-6-10-15/h1-10,16-18H,11-13H2. The van der Waals surface area contributed by atoms with Gasteiger partial charge in [-0.25, -0.2) is 5.48 Å². The SMILES string of the molecule is ONCC(Cc1ccccc1)Cc1ccccc1. The minimum Gasteiger partial charge on any atom is -0.317 e. The normalized spacial score (nSPS) is 10.8. The van der Waals surface area contributed by atoms with Gasteiger partial charge in [0.25, 0.3) is 0 Å². The molecule has 0 saturated carbocycles. The molecule has 0 fully saturated rings. The first-order valence-corrected chi connectivity index (χ1v) is 6.33. The summed E-state index contributed by atoms with van der Waals surface area (Å²) in [5.74, 6) is 0.403. The molecule has 0 atom stereocenters. The lowest BCUT2D eigenvalue weighted by Gasteiger charge is -2.16. The minimum atomic E-state index is 0.403. The molecular weight excluding hydrogens is 222 g/mol. The number of nitrogens with one attached hydrogen (secondary N) is 1. The third-order valence-corrected chi connectivity index (χ3v) is 3.11. The van der Waals surface area contributed by atoms with E-state index in [1.54, 1.807) is 0 Å². The molecule has 0 aliphatic rings. The molecule has 2 nitrogen and oxygen atoms in total. The lowest BCUT2D eigenvalue weighted by molar-refractivity contribution is 0.148. The molecule has 2 N–H and O–H groups in total. The van der Waals surface area contributed by atoms with Gasteiger partial charge in [0.1, 0.15) is 0 Å². The zero-order chi connectivity index (χ0) is 12.6. The van der Waals surface area contributed by atoms with E-state index in [0.29, 0.717) is 12.5 Å². The van der Waals surface area contributed by atoms with Gasteiger partial charge in [0.05, 0.1) is 0 Å². The smallest absolute Gasteiger partial charge is 0.0242 e. The summed E-state index contributed by atoms with van der Waals surface area (Å²) >= 11 is 0. The third kappa shape index (κ3) is 3.99. The zero-order valence-corrected chi connectivity index (χ0v) is 10.4. The van der Waals surface area contributed by atoms with Crippen LogP contribution in [0, 0.1) is 5.92 Å². The topological polar surface area (TPSA) is 32.3 Å². The molecule has 94 valence electrons. The molecule has 0 aliphatic heterocycles. The van der Waals surface area contributed by atoms with E-state index < -0.39 is 0 Å². The van der Waals surface area contributed by atoms with Crippen molar-refractivity contribution in [2.75, 3.05) is 6.54 Å². The molecule has 0 aliphatic carbocycles. The highest BCUT2D eigenvalue weighted by Gasteiger charge is 2.10. The first-order valence-electron chi connectivity index (χ1n) is 6.33. The molecule has 0 radical (unpaired) electrons. The lowest BCUT2D eigenvalue weighted by atomic mass is 9.93. The average molecular weight is 241 g/mol. The van der Waals surface area contributed by atoms with Gasteiger partial charge in [0, 0.05) is 6.54 Å². The van der Waals surface area contributed by atoms with Gasteiger partial charge in [-0.1, -0.05) is 60.7 Å². The average Bonchev–Trinajstić information content (AvgIpc) is 2.41. The van der Waals surface area contributed by atoms with Crippen molar-refractivity contribution in [2.45, 2.75) is 12.8 Å². The highest BCUT2D eigenvalue weighted by molar-refractivity contribution is 5.18. The van der Waals surface area contributed by atoms with E-state index in [-0.39, 0.29) is 0 Å². The number of rotatable bonds is 6. The van der Waals surface area contributed by atoms with Crippen molar-refractivity contribution in [2.24, 2.45) is 5.92 Å². The van der Waals surface area contributed by atoms with Crippen LogP contribution in [0.15, 0.2) is 60.7 Å². The van der Waals surface area contributed by atoms with E-state index in [4.69, 9.17) is 5.21 Å². The first kappa shape index (κ1) is 12.8. The van der Waals surface area contributed by atoms with Gasteiger partial charge in [-0.2, -0.15) is 0 Å². The molecule has 0 aromatic heterocycles. The van der Waals surface area contributed by atoms with Crippen LogP contribution >= 0.6 is 0 Å². The van der Waals surface area contributed by atoms with Crippen LogP contribution in [0.25, 0.3) is 0 Å². The first-order chi connectivity index (χ1) is 8.88. The van der Waals surface area contributed by atoms with Crippen LogP contribution in [0.3, 0.4) is 0 Å². The second-order valence-electron chi connectivity index (χ2n) is 4.61. The summed E-state index contributed by atoms with van der Waals surface area (Å²) < 4.78 is 0. The van der Waals surface area contributed by atoms with Crippen LogP contribution < -0.4 is 5.48 Å². The molecule has 0 saturated heterocycles. The Morgan fingerprint density at radius 3 is 1.61 bits per heavy atom. The lowest BCUT2D eigenvalue weighted by Crippen LogP contribution is -2.23. The molecule has 2 aromatic carbocycles. The van der Waals surface area contributed by atoms with E-state index in [9.17, 15) is 0 Å². The molecule has 2 aromatic rings. The Morgan fingerprint density at radius 1 is 0.778 bits per heavy atom. The van der Waals surface area contributed by atoms with Gasteiger partial charge in [0.2, 0.25) is 0 Å². The summed E-state index contributed by atoms with van der Waals surface area (Å²) in [6.07, 6.45) is 1.95. The van der Waals surface area contributed by atoms with E-state index in [1.807, 2.05) is 12.1 Å². The monoisotopic (exact) mass is 241 g/mol. The van der Waals surface area contributed by atoms with Gasteiger partial charge in [-0.05, 0) is 29.9 Å². The van der Waals surface area contributed by atoms with Crippen molar-refractivity contribution in [3.05, 3.63) is 71.8 Å². The largest absolute Gasteiger partial charge is 0.317 e. The Hall–Kier alpha value is -1.64.